The lowest BCUT2D eigenvalue weighted by Crippen LogP contribution is -2.45. The molecule has 1 fully saturated rings. The normalized spacial score (nSPS) is 16.5. The minimum absolute atomic E-state index is 0.113. The van der Waals surface area contributed by atoms with Gasteiger partial charge in [-0.2, -0.15) is 0 Å². The molecule has 0 unspecified atom stereocenters. The molecular weight excluding hydrogens is 289 g/mol. The molecule has 0 saturated carbocycles. The van der Waals surface area contributed by atoms with Crippen LogP contribution in [-0.2, 0) is 11.3 Å². The van der Waals surface area contributed by atoms with Crippen molar-refractivity contribution in [2.45, 2.75) is 12.7 Å². The summed E-state index contributed by atoms with van der Waals surface area (Å²) in [5, 5.41) is 3.38. The van der Waals surface area contributed by atoms with Gasteiger partial charge in [-0.25, -0.2) is 4.39 Å². The van der Waals surface area contributed by atoms with Gasteiger partial charge in [0.2, 0.25) is 0 Å². The first-order chi connectivity index (χ1) is 10.2. The third-order valence-electron chi connectivity index (χ3n) is 3.79. The Morgan fingerprint density at radius 1 is 1.19 bits per heavy atom. The van der Waals surface area contributed by atoms with Crippen LogP contribution >= 0.6 is 11.6 Å². The number of hydrogen-bond acceptors (Lipinski definition) is 2. The molecule has 1 N–H and O–H groups in total. The van der Waals surface area contributed by atoms with Crippen LogP contribution in [0.15, 0.2) is 48.5 Å². The molecule has 0 aliphatic carbocycles. The topological polar surface area (TPSA) is 21.3 Å². The maximum Gasteiger partial charge on any atom is 0.142 e. The minimum atomic E-state index is -0.394. The molecule has 21 heavy (non-hydrogen) atoms. The lowest BCUT2D eigenvalue weighted by atomic mass is 9.90. The molecular formula is C17H17ClFNO. The van der Waals surface area contributed by atoms with Crippen LogP contribution in [0.25, 0.3) is 0 Å². The largest absolute Gasteiger partial charge is 0.368 e. The van der Waals surface area contributed by atoms with Crippen LogP contribution in [0, 0.1) is 11.7 Å². The van der Waals surface area contributed by atoms with E-state index in [9.17, 15) is 4.39 Å². The van der Waals surface area contributed by atoms with Crippen molar-refractivity contribution in [2.75, 3.05) is 13.1 Å². The van der Waals surface area contributed by atoms with Gasteiger partial charge in [-0.3, -0.25) is 0 Å². The van der Waals surface area contributed by atoms with E-state index in [2.05, 4.69) is 5.32 Å². The SMILES string of the molecule is Fc1cc([C@H](OCc2ccccc2)C2CNC2)ccc1Cl. The molecule has 1 aliphatic heterocycles. The Balaban J connectivity index is 1.76. The highest BCUT2D eigenvalue weighted by molar-refractivity contribution is 6.30. The lowest BCUT2D eigenvalue weighted by Gasteiger charge is -2.35. The first-order valence-electron chi connectivity index (χ1n) is 7.05. The Hall–Kier alpha value is -1.42. The second kappa shape index (κ2) is 6.56. The minimum Gasteiger partial charge on any atom is -0.368 e. The maximum absolute atomic E-state index is 13.7. The average Bonchev–Trinajstić information content (AvgIpc) is 2.45. The summed E-state index contributed by atoms with van der Waals surface area (Å²) in [6, 6.07) is 14.9. The van der Waals surface area contributed by atoms with E-state index in [1.165, 1.54) is 6.07 Å². The predicted octanol–water partition coefficient (Wildman–Crippen LogP) is 3.96. The highest BCUT2D eigenvalue weighted by atomic mass is 35.5. The summed E-state index contributed by atoms with van der Waals surface area (Å²) >= 11 is 5.76. The van der Waals surface area contributed by atoms with Gasteiger partial charge < -0.3 is 10.1 Å². The third kappa shape index (κ3) is 3.43. The first kappa shape index (κ1) is 14.5. The number of halogens is 2. The summed E-state index contributed by atoms with van der Waals surface area (Å²) < 4.78 is 19.7. The molecule has 2 nitrogen and oxygen atoms in total. The Morgan fingerprint density at radius 2 is 1.95 bits per heavy atom. The summed E-state index contributed by atoms with van der Waals surface area (Å²) in [6.45, 7) is 2.31. The van der Waals surface area contributed by atoms with E-state index in [-0.39, 0.29) is 11.1 Å². The number of rotatable bonds is 5. The molecule has 0 radical (unpaired) electrons. The van der Waals surface area contributed by atoms with Crippen LogP contribution in [0.2, 0.25) is 5.02 Å². The van der Waals surface area contributed by atoms with Gasteiger partial charge in [0.15, 0.2) is 0 Å². The second-order valence-electron chi connectivity index (χ2n) is 5.31. The average molecular weight is 306 g/mol. The van der Waals surface area contributed by atoms with Gasteiger partial charge in [0.05, 0.1) is 17.7 Å². The van der Waals surface area contributed by atoms with Crippen LogP contribution in [0.4, 0.5) is 4.39 Å². The Labute approximate surface area is 128 Å². The van der Waals surface area contributed by atoms with Crippen molar-refractivity contribution in [1.82, 2.24) is 5.32 Å². The van der Waals surface area contributed by atoms with Crippen molar-refractivity contribution in [3.05, 3.63) is 70.5 Å². The zero-order valence-electron chi connectivity index (χ0n) is 11.6. The standard InChI is InChI=1S/C17H17ClFNO/c18-15-7-6-13(8-16(15)19)17(14-9-20-10-14)21-11-12-4-2-1-3-5-12/h1-8,14,17,20H,9-11H2/t17-/m0/s1. The van der Waals surface area contributed by atoms with E-state index in [0.29, 0.717) is 12.5 Å². The van der Waals surface area contributed by atoms with E-state index in [4.69, 9.17) is 16.3 Å². The first-order valence-corrected chi connectivity index (χ1v) is 7.43. The zero-order valence-corrected chi connectivity index (χ0v) is 12.3. The molecule has 4 heteroatoms. The molecule has 110 valence electrons. The van der Waals surface area contributed by atoms with Crippen LogP contribution in [0.5, 0.6) is 0 Å². The van der Waals surface area contributed by atoms with Gasteiger partial charge in [-0.1, -0.05) is 48.0 Å². The molecule has 1 heterocycles. The molecule has 1 saturated heterocycles. The van der Waals surface area contributed by atoms with Gasteiger partial charge in [0.1, 0.15) is 5.82 Å². The van der Waals surface area contributed by atoms with E-state index in [1.807, 2.05) is 36.4 Å². The van der Waals surface area contributed by atoms with Gasteiger partial charge in [0, 0.05) is 19.0 Å². The summed E-state index contributed by atoms with van der Waals surface area (Å²) in [5.74, 6) is -0.0240. The summed E-state index contributed by atoms with van der Waals surface area (Å²) in [6.07, 6.45) is -0.113. The predicted molar refractivity (Wildman–Crippen MR) is 81.7 cm³/mol. The smallest absolute Gasteiger partial charge is 0.142 e. The molecule has 1 atom stereocenters. The van der Waals surface area contributed by atoms with Crippen LogP contribution in [-0.4, -0.2) is 13.1 Å². The van der Waals surface area contributed by atoms with E-state index in [1.54, 1.807) is 6.07 Å². The lowest BCUT2D eigenvalue weighted by molar-refractivity contribution is -0.0172. The number of hydrogen-bond donors (Lipinski definition) is 1. The maximum atomic E-state index is 13.7. The van der Waals surface area contributed by atoms with Crippen molar-refractivity contribution < 1.29 is 9.13 Å². The monoisotopic (exact) mass is 305 g/mol. The van der Waals surface area contributed by atoms with Crippen LogP contribution < -0.4 is 5.32 Å². The molecule has 0 bridgehead atoms. The highest BCUT2D eigenvalue weighted by Crippen LogP contribution is 2.31. The Kier molecular flexibility index (Phi) is 4.54. The number of ether oxygens (including phenoxy) is 1. The van der Waals surface area contributed by atoms with Gasteiger partial charge >= 0.3 is 0 Å². The zero-order chi connectivity index (χ0) is 14.7. The fourth-order valence-corrected chi connectivity index (χ4v) is 2.60. The number of nitrogens with one attached hydrogen (secondary N) is 1. The van der Waals surface area contributed by atoms with Gasteiger partial charge in [-0.05, 0) is 23.3 Å². The van der Waals surface area contributed by atoms with Crippen LogP contribution in [0.1, 0.15) is 17.2 Å². The summed E-state index contributed by atoms with van der Waals surface area (Å²) in [5.41, 5.74) is 1.96. The van der Waals surface area contributed by atoms with E-state index < -0.39 is 5.82 Å². The van der Waals surface area contributed by atoms with Crippen molar-refractivity contribution in [3.8, 4) is 0 Å². The Morgan fingerprint density at radius 3 is 2.57 bits per heavy atom. The number of benzene rings is 2. The third-order valence-corrected chi connectivity index (χ3v) is 4.09. The summed E-state index contributed by atoms with van der Waals surface area (Å²) in [4.78, 5) is 0. The van der Waals surface area contributed by atoms with Crippen molar-refractivity contribution in [3.63, 3.8) is 0 Å². The molecule has 1 aliphatic rings. The Bertz CT molecular complexity index is 601. The molecule has 0 spiro atoms. The van der Waals surface area contributed by atoms with Crippen molar-refractivity contribution in [1.29, 1.82) is 0 Å². The molecule has 0 aromatic heterocycles. The molecule has 2 aromatic carbocycles. The molecule has 2 aromatic rings. The van der Waals surface area contributed by atoms with Gasteiger partial charge in [-0.15, -0.1) is 0 Å². The second-order valence-corrected chi connectivity index (χ2v) is 5.72. The van der Waals surface area contributed by atoms with E-state index in [0.717, 1.165) is 24.2 Å². The highest BCUT2D eigenvalue weighted by Gasteiger charge is 2.29. The molecule has 3 rings (SSSR count). The van der Waals surface area contributed by atoms with E-state index >= 15 is 0 Å². The summed E-state index contributed by atoms with van der Waals surface area (Å²) in [7, 11) is 0. The quantitative estimate of drug-likeness (QED) is 0.903. The van der Waals surface area contributed by atoms with Gasteiger partial charge in [0.25, 0.3) is 0 Å². The van der Waals surface area contributed by atoms with Crippen molar-refractivity contribution >= 4 is 11.6 Å². The molecule has 0 amide bonds. The van der Waals surface area contributed by atoms with Crippen LogP contribution in [0.3, 0.4) is 0 Å². The van der Waals surface area contributed by atoms with Crippen molar-refractivity contribution in [2.24, 2.45) is 5.92 Å². The fraction of sp³-hybridized carbons (Fsp3) is 0.294. The fourth-order valence-electron chi connectivity index (χ4n) is 2.48.